The van der Waals surface area contributed by atoms with Crippen LogP contribution >= 0.6 is 7.82 Å². The normalized spacial score (nSPS) is 9.46. The van der Waals surface area contributed by atoms with E-state index in [1.54, 1.807) is 0 Å². The van der Waals surface area contributed by atoms with Gasteiger partial charge in [0, 0.05) is 0 Å². The molecule has 0 saturated carbocycles. The van der Waals surface area contributed by atoms with Crippen LogP contribution in [0, 0.1) is 0 Å². The summed E-state index contributed by atoms with van der Waals surface area (Å²) in [5.74, 6) is 0. The fourth-order valence-corrected chi connectivity index (χ4v) is 2.92. The molecule has 12 N–H and O–H groups in total. The molecule has 0 rings (SSSR count). The van der Waals surface area contributed by atoms with Gasteiger partial charge in [0.05, 0.1) is 0 Å². The number of hydrogen-bond acceptors (Lipinski definition) is 5. The SMILES string of the molecule is O.O.O.O=P(O)(O)[O][W](=[O])(=[O])[O-].[NH4+]. The van der Waals surface area contributed by atoms with Gasteiger partial charge in [0.15, 0.2) is 0 Å². The van der Waals surface area contributed by atoms with E-state index in [2.05, 4.69) is 3.18 Å². The Balaban J connectivity index is -0.0000000533. The molecule has 0 saturated heterocycles. The predicted octanol–water partition coefficient (Wildman–Crippen LogP) is -3.97. The van der Waals surface area contributed by atoms with Crippen LogP contribution in [0.2, 0.25) is 0 Å². The Bertz CT molecular complexity index is 221. The molecule has 0 amide bonds. The summed E-state index contributed by atoms with van der Waals surface area (Å²) in [6.45, 7) is 0. The second-order valence-electron chi connectivity index (χ2n) is 0.973. The molecular formula is H12NO10PW. The van der Waals surface area contributed by atoms with Gasteiger partial charge < -0.3 is 22.6 Å². The smallest absolute Gasteiger partial charge is 0.369 e. The molecule has 0 atom stereocenters. The van der Waals surface area contributed by atoms with Crippen LogP contribution in [-0.2, 0) is 31.3 Å². The molecule has 0 radical (unpaired) electrons. The van der Waals surface area contributed by atoms with Crippen LogP contribution in [0.25, 0.3) is 0 Å². The molecule has 0 bridgehead atoms. The van der Waals surface area contributed by atoms with Gasteiger partial charge >= 0.3 is 52.7 Å². The Labute approximate surface area is 75.8 Å². The predicted molar refractivity (Wildman–Crippen MR) is 31.3 cm³/mol. The first-order valence-corrected chi connectivity index (χ1v) is 7.75. The molecule has 0 aromatic heterocycles. The van der Waals surface area contributed by atoms with Crippen LogP contribution in [0.3, 0.4) is 0 Å². The van der Waals surface area contributed by atoms with E-state index in [0.29, 0.717) is 0 Å². The van der Waals surface area contributed by atoms with Gasteiger partial charge in [0.2, 0.25) is 0 Å². The average molecular weight is 401 g/mol. The van der Waals surface area contributed by atoms with E-state index in [1.165, 1.54) is 0 Å². The van der Waals surface area contributed by atoms with E-state index in [9.17, 15) is 15.1 Å². The standard InChI is InChI=1S/H3N.H3O4P.3H2O.3O.W/c;1-5(2,3)4;;;;;;;/h1H3;(H3,1,2,3,4);3*1H2;;;;/q;;;;;;;-1;+1. The van der Waals surface area contributed by atoms with Crippen molar-refractivity contribution in [3.63, 3.8) is 0 Å². The quantitative estimate of drug-likeness (QED) is 0.386. The van der Waals surface area contributed by atoms with Crippen LogP contribution in [-0.4, -0.2) is 26.2 Å². The van der Waals surface area contributed by atoms with Crippen molar-refractivity contribution in [2.24, 2.45) is 0 Å². The number of phosphoric acid groups is 1. The number of hydrogen-bond donors (Lipinski definition) is 3. The zero-order chi connectivity index (χ0) is 7.71. The van der Waals surface area contributed by atoms with Gasteiger partial charge in [-0.1, -0.05) is 0 Å². The van der Waals surface area contributed by atoms with Crippen molar-refractivity contribution in [3.8, 4) is 0 Å². The minimum absolute atomic E-state index is 0. The van der Waals surface area contributed by atoms with E-state index in [1.807, 2.05) is 0 Å². The average Bonchev–Trinajstić information content (AvgIpc) is 1.14. The molecule has 11 nitrogen and oxygen atoms in total. The van der Waals surface area contributed by atoms with E-state index < -0.39 is 24.6 Å². The molecule has 13 heavy (non-hydrogen) atoms. The van der Waals surface area contributed by atoms with Crippen LogP contribution in [0.4, 0.5) is 0 Å². The molecule has 0 aliphatic carbocycles. The molecule has 0 aliphatic heterocycles. The first kappa shape index (κ1) is 29.2. The summed E-state index contributed by atoms with van der Waals surface area (Å²) in [7, 11) is -5.13. The largest absolute Gasteiger partial charge is 0.369 e. The molecule has 0 heterocycles. The summed E-state index contributed by atoms with van der Waals surface area (Å²) in [6, 6.07) is 0. The van der Waals surface area contributed by atoms with Crippen molar-refractivity contribution < 1.29 is 61.3 Å². The Kier molecular flexibility index (Phi) is 19.7. The van der Waals surface area contributed by atoms with E-state index in [0.717, 1.165) is 0 Å². The van der Waals surface area contributed by atoms with Crippen molar-refractivity contribution in [1.29, 1.82) is 0 Å². The summed E-state index contributed by atoms with van der Waals surface area (Å²) in [5.41, 5.74) is 0. The van der Waals surface area contributed by atoms with Gasteiger partial charge in [0.25, 0.3) is 0 Å². The third-order valence-corrected chi connectivity index (χ3v) is 4.63. The van der Waals surface area contributed by atoms with Crippen molar-refractivity contribution in [2.45, 2.75) is 0 Å². The maximum absolute atomic E-state index is 9.57. The van der Waals surface area contributed by atoms with Crippen LogP contribution in [0.1, 0.15) is 0 Å². The fraction of sp³-hybridized carbons (Fsp3) is 0. The van der Waals surface area contributed by atoms with E-state index >= 15 is 0 Å². The van der Waals surface area contributed by atoms with Crippen LogP contribution in [0.5, 0.6) is 0 Å². The van der Waals surface area contributed by atoms with Crippen molar-refractivity contribution in [3.05, 3.63) is 0 Å². The zero-order valence-electron chi connectivity index (χ0n) is 6.29. The fourth-order valence-electron chi connectivity index (χ4n) is 0.119. The second kappa shape index (κ2) is 8.78. The van der Waals surface area contributed by atoms with Gasteiger partial charge in [0.1, 0.15) is 0 Å². The minimum atomic E-state index is -6.44. The van der Waals surface area contributed by atoms with Gasteiger partial charge in [-0.3, -0.25) is 0 Å². The Morgan fingerprint density at radius 1 is 1.15 bits per heavy atom. The maximum Gasteiger partial charge on any atom is -0.369 e. The minimum Gasteiger partial charge on any atom is -0.369 e. The van der Waals surface area contributed by atoms with Crippen molar-refractivity contribution in [1.82, 2.24) is 6.15 Å². The topological polar surface area (TPSA) is 255 Å². The summed E-state index contributed by atoms with van der Waals surface area (Å²) in [4.78, 5) is 15.4. The monoisotopic (exact) mass is 401 g/mol. The van der Waals surface area contributed by atoms with Gasteiger partial charge in [-0.15, -0.1) is 0 Å². The summed E-state index contributed by atoms with van der Waals surface area (Å²) >= 11 is -6.44. The third kappa shape index (κ3) is 33.0. The molecule has 0 aliphatic rings. The molecule has 0 fully saturated rings. The molecule has 0 aromatic rings. The second-order valence-corrected chi connectivity index (χ2v) is 6.64. The van der Waals surface area contributed by atoms with Crippen LogP contribution < -0.4 is 9.91 Å². The first-order valence-electron chi connectivity index (χ1n) is 1.43. The number of rotatable bonds is 2. The summed E-state index contributed by atoms with van der Waals surface area (Å²) in [5, 5.41) is 0. The van der Waals surface area contributed by atoms with Crippen molar-refractivity contribution in [2.75, 3.05) is 0 Å². The molecule has 88 valence electrons. The van der Waals surface area contributed by atoms with E-state index in [-0.39, 0.29) is 22.6 Å². The van der Waals surface area contributed by atoms with Crippen molar-refractivity contribution >= 4 is 7.82 Å². The third-order valence-electron chi connectivity index (χ3n) is 0.188. The van der Waals surface area contributed by atoms with Crippen LogP contribution in [0.15, 0.2) is 0 Å². The Morgan fingerprint density at radius 3 is 1.38 bits per heavy atom. The van der Waals surface area contributed by atoms with Gasteiger partial charge in [-0.25, -0.2) is 0 Å². The zero-order valence-corrected chi connectivity index (χ0v) is 10.1. The number of quaternary nitrogens is 1. The summed E-state index contributed by atoms with van der Waals surface area (Å²) in [6.07, 6.45) is 0. The Morgan fingerprint density at radius 2 is 1.38 bits per heavy atom. The van der Waals surface area contributed by atoms with Gasteiger partial charge in [-0.05, 0) is 0 Å². The molecule has 0 spiro atoms. The Hall–Kier alpha value is 0.198. The first-order chi connectivity index (χ1) is 3.71. The molecular weight excluding hydrogens is 389 g/mol. The maximum atomic E-state index is 9.57. The van der Waals surface area contributed by atoms with E-state index in [4.69, 9.17) is 9.79 Å². The molecule has 0 aromatic carbocycles. The van der Waals surface area contributed by atoms with Gasteiger partial charge in [-0.2, -0.15) is 0 Å². The molecule has 13 heteroatoms. The molecule has 0 unspecified atom stereocenters. The summed E-state index contributed by atoms with van der Waals surface area (Å²) < 4.78 is 40.9.